The minimum absolute atomic E-state index is 0.0602. The Morgan fingerprint density at radius 3 is 2.83 bits per heavy atom. The number of nitrogens with one attached hydrogen (secondary N) is 2. The highest BCUT2D eigenvalue weighted by molar-refractivity contribution is 7.17. The molecule has 3 aromatic rings. The lowest BCUT2D eigenvalue weighted by Gasteiger charge is -2.05. The third-order valence-corrected chi connectivity index (χ3v) is 5.82. The second-order valence-corrected chi connectivity index (χ2v) is 8.31. The van der Waals surface area contributed by atoms with Gasteiger partial charge in [-0.3, -0.25) is 14.9 Å². The van der Waals surface area contributed by atoms with Crippen LogP contribution in [0.15, 0.2) is 41.8 Å². The predicted octanol–water partition coefficient (Wildman–Crippen LogP) is 4.48. The van der Waals surface area contributed by atoms with Gasteiger partial charge in [0.25, 0.3) is 0 Å². The zero-order chi connectivity index (χ0) is 20.8. The Labute approximate surface area is 177 Å². The molecule has 0 aliphatic carbocycles. The van der Waals surface area contributed by atoms with Crippen molar-refractivity contribution >= 4 is 45.7 Å². The summed E-state index contributed by atoms with van der Waals surface area (Å²) in [6.45, 7) is 3.98. The number of aryl methyl sites for hydroxylation is 1. The van der Waals surface area contributed by atoms with Crippen molar-refractivity contribution in [3.8, 4) is 16.3 Å². The van der Waals surface area contributed by atoms with Crippen molar-refractivity contribution < 1.29 is 14.3 Å². The lowest BCUT2D eigenvalue weighted by atomic mass is 10.1. The number of benzene rings is 1. The van der Waals surface area contributed by atoms with Crippen molar-refractivity contribution in [3.05, 3.63) is 57.8 Å². The maximum absolute atomic E-state index is 12.3. The van der Waals surface area contributed by atoms with Gasteiger partial charge < -0.3 is 10.1 Å². The van der Waals surface area contributed by atoms with Crippen LogP contribution >= 0.6 is 22.7 Å². The molecule has 150 valence electrons. The first-order valence-electron chi connectivity index (χ1n) is 8.87. The first-order valence-corrected chi connectivity index (χ1v) is 10.6. The highest BCUT2D eigenvalue weighted by Crippen LogP contribution is 2.31. The SMILES string of the molecule is COc1ccc(C)cc1/C=C/C(=O)Nc1nc(-c2ccc(CNC(C)=O)s2)cs1. The van der Waals surface area contributed by atoms with Crippen LogP contribution in [0.2, 0.25) is 0 Å². The van der Waals surface area contributed by atoms with Crippen LogP contribution < -0.4 is 15.4 Å². The monoisotopic (exact) mass is 427 g/mol. The molecule has 0 aliphatic rings. The van der Waals surface area contributed by atoms with Gasteiger partial charge in [0.2, 0.25) is 11.8 Å². The number of amides is 2. The van der Waals surface area contributed by atoms with E-state index >= 15 is 0 Å². The third-order valence-electron chi connectivity index (χ3n) is 3.96. The molecule has 0 spiro atoms. The van der Waals surface area contributed by atoms with Crippen LogP contribution in [0.25, 0.3) is 16.6 Å². The fraction of sp³-hybridized carbons (Fsp3) is 0.190. The predicted molar refractivity (Wildman–Crippen MR) is 118 cm³/mol. The molecule has 0 atom stereocenters. The Hall–Kier alpha value is -2.97. The molecule has 0 aliphatic heterocycles. The lowest BCUT2D eigenvalue weighted by Crippen LogP contribution is -2.17. The Bertz CT molecular complexity index is 1050. The standard InChI is InChI=1S/C21H21N3O3S2/c1-13-4-7-18(27-3)15(10-13)5-9-20(26)24-21-23-17(12-28-21)19-8-6-16(29-19)11-22-14(2)25/h4-10,12H,11H2,1-3H3,(H,22,25)(H,23,24,26)/b9-5+. The van der Waals surface area contributed by atoms with Gasteiger partial charge in [-0.1, -0.05) is 11.6 Å². The highest BCUT2D eigenvalue weighted by Gasteiger charge is 2.09. The normalized spacial score (nSPS) is 10.9. The number of aromatic nitrogens is 1. The fourth-order valence-electron chi connectivity index (χ4n) is 2.56. The number of hydrogen-bond acceptors (Lipinski definition) is 6. The smallest absolute Gasteiger partial charge is 0.250 e. The molecule has 0 saturated carbocycles. The highest BCUT2D eigenvalue weighted by atomic mass is 32.1. The van der Waals surface area contributed by atoms with Crippen LogP contribution in [0.3, 0.4) is 0 Å². The van der Waals surface area contributed by atoms with Gasteiger partial charge in [-0.05, 0) is 37.3 Å². The minimum Gasteiger partial charge on any atom is -0.496 e. The van der Waals surface area contributed by atoms with Crippen molar-refractivity contribution in [1.29, 1.82) is 0 Å². The zero-order valence-electron chi connectivity index (χ0n) is 16.3. The first kappa shape index (κ1) is 20.8. The molecule has 3 rings (SSSR count). The van der Waals surface area contributed by atoms with Crippen LogP contribution in [-0.4, -0.2) is 23.9 Å². The molecule has 0 fully saturated rings. The number of carbonyl (C=O) groups excluding carboxylic acids is 2. The molecule has 29 heavy (non-hydrogen) atoms. The summed E-state index contributed by atoms with van der Waals surface area (Å²) < 4.78 is 5.32. The summed E-state index contributed by atoms with van der Waals surface area (Å²) in [6.07, 6.45) is 3.19. The van der Waals surface area contributed by atoms with E-state index in [1.165, 1.54) is 24.3 Å². The van der Waals surface area contributed by atoms with Crippen molar-refractivity contribution in [2.24, 2.45) is 0 Å². The van der Waals surface area contributed by atoms with E-state index in [4.69, 9.17) is 4.74 Å². The summed E-state index contributed by atoms with van der Waals surface area (Å²) in [6, 6.07) is 9.72. The number of ether oxygens (including phenoxy) is 1. The molecule has 0 radical (unpaired) electrons. The van der Waals surface area contributed by atoms with E-state index in [1.807, 2.05) is 42.6 Å². The van der Waals surface area contributed by atoms with E-state index in [0.29, 0.717) is 17.4 Å². The molecule has 2 aromatic heterocycles. The molecule has 0 saturated heterocycles. The summed E-state index contributed by atoms with van der Waals surface area (Å²) in [5.74, 6) is 0.394. The summed E-state index contributed by atoms with van der Waals surface area (Å²) >= 11 is 2.93. The minimum atomic E-state index is -0.257. The van der Waals surface area contributed by atoms with Crippen molar-refractivity contribution in [1.82, 2.24) is 10.3 Å². The van der Waals surface area contributed by atoms with Crippen molar-refractivity contribution in [2.75, 3.05) is 12.4 Å². The van der Waals surface area contributed by atoms with Gasteiger partial charge in [-0.25, -0.2) is 4.98 Å². The van der Waals surface area contributed by atoms with Crippen molar-refractivity contribution in [3.63, 3.8) is 0 Å². The van der Waals surface area contributed by atoms with Gasteiger partial charge in [-0.15, -0.1) is 22.7 Å². The fourth-order valence-corrected chi connectivity index (χ4v) is 4.26. The maximum Gasteiger partial charge on any atom is 0.250 e. The van der Waals surface area contributed by atoms with Gasteiger partial charge in [0.05, 0.1) is 24.2 Å². The second kappa shape index (κ2) is 9.49. The van der Waals surface area contributed by atoms with Crippen molar-refractivity contribution in [2.45, 2.75) is 20.4 Å². The summed E-state index contributed by atoms with van der Waals surface area (Å²) in [7, 11) is 1.60. The average molecular weight is 428 g/mol. The summed E-state index contributed by atoms with van der Waals surface area (Å²) in [5, 5.41) is 8.00. The van der Waals surface area contributed by atoms with E-state index in [2.05, 4.69) is 15.6 Å². The maximum atomic E-state index is 12.3. The molecule has 0 unspecified atom stereocenters. The average Bonchev–Trinajstić information content (AvgIpc) is 3.34. The molecule has 1 aromatic carbocycles. The van der Waals surface area contributed by atoms with Gasteiger partial charge in [0, 0.05) is 28.8 Å². The van der Waals surface area contributed by atoms with Crippen LogP contribution in [0.1, 0.15) is 22.9 Å². The van der Waals surface area contributed by atoms with E-state index in [1.54, 1.807) is 24.5 Å². The third kappa shape index (κ3) is 5.75. The quantitative estimate of drug-likeness (QED) is 0.545. The van der Waals surface area contributed by atoms with E-state index < -0.39 is 0 Å². The molecule has 8 heteroatoms. The summed E-state index contributed by atoms with van der Waals surface area (Å²) in [5.41, 5.74) is 2.73. The van der Waals surface area contributed by atoms with E-state index in [0.717, 1.165) is 26.6 Å². The Morgan fingerprint density at radius 1 is 1.24 bits per heavy atom. The number of hydrogen-bond donors (Lipinski definition) is 2. The Morgan fingerprint density at radius 2 is 2.07 bits per heavy atom. The molecule has 2 N–H and O–H groups in total. The Balaban J connectivity index is 1.63. The van der Waals surface area contributed by atoms with Crippen LogP contribution in [0.4, 0.5) is 5.13 Å². The molecule has 2 amide bonds. The number of rotatable bonds is 7. The molecular formula is C21H21N3O3S2. The number of thiophene rings is 1. The number of thiazole rings is 1. The van der Waals surface area contributed by atoms with Gasteiger partial charge in [0.15, 0.2) is 5.13 Å². The summed E-state index contributed by atoms with van der Waals surface area (Å²) in [4.78, 5) is 29.8. The Kier molecular flexibility index (Phi) is 6.79. The molecular weight excluding hydrogens is 406 g/mol. The number of carbonyl (C=O) groups is 2. The van der Waals surface area contributed by atoms with E-state index in [9.17, 15) is 9.59 Å². The molecule has 2 heterocycles. The van der Waals surface area contributed by atoms with Gasteiger partial charge in [0.1, 0.15) is 5.75 Å². The number of nitrogens with zero attached hydrogens (tertiary/aromatic N) is 1. The topological polar surface area (TPSA) is 80.3 Å². The zero-order valence-corrected chi connectivity index (χ0v) is 17.9. The molecule has 0 bridgehead atoms. The van der Waals surface area contributed by atoms with Gasteiger partial charge in [-0.2, -0.15) is 0 Å². The van der Waals surface area contributed by atoms with Gasteiger partial charge >= 0.3 is 0 Å². The molecule has 6 nitrogen and oxygen atoms in total. The number of anilines is 1. The van der Waals surface area contributed by atoms with E-state index in [-0.39, 0.29) is 11.8 Å². The van der Waals surface area contributed by atoms with Crippen LogP contribution in [0.5, 0.6) is 5.75 Å². The van der Waals surface area contributed by atoms with Crippen LogP contribution in [-0.2, 0) is 16.1 Å². The lowest BCUT2D eigenvalue weighted by molar-refractivity contribution is -0.119. The number of methoxy groups -OCH3 is 1. The van der Waals surface area contributed by atoms with Crippen LogP contribution in [0, 0.1) is 6.92 Å². The second-order valence-electron chi connectivity index (χ2n) is 6.28. The largest absolute Gasteiger partial charge is 0.496 e. The first-order chi connectivity index (χ1) is 13.9.